The molecule has 3 atom stereocenters. The molecular weight excluding hydrogens is 492 g/mol. The molecule has 0 saturated heterocycles. The second-order valence-corrected chi connectivity index (χ2v) is 11.9. The van der Waals surface area contributed by atoms with Crippen LogP contribution in [0.3, 0.4) is 0 Å². The second-order valence-electron chi connectivity index (χ2n) is 11.9. The topological polar surface area (TPSA) is 92.7 Å². The highest BCUT2D eigenvalue weighted by molar-refractivity contribution is 5.77. The van der Waals surface area contributed by atoms with E-state index in [1.54, 1.807) is 0 Å². The van der Waals surface area contributed by atoms with Crippen LogP contribution in [0.15, 0.2) is 30.5 Å². The fraction of sp³-hybridized carbons (Fsp3) is 0.586. The van der Waals surface area contributed by atoms with E-state index in [-0.39, 0.29) is 36.6 Å². The van der Waals surface area contributed by atoms with Gasteiger partial charge < -0.3 is 25.2 Å². The van der Waals surface area contributed by atoms with Crippen molar-refractivity contribution in [2.75, 3.05) is 20.3 Å². The zero-order chi connectivity index (χ0) is 27.5. The first kappa shape index (κ1) is 28.4. The van der Waals surface area contributed by atoms with Gasteiger partial charge >= 0.3 is 0 Å². The molecule has 1 saturated carbocycles. The number of nitrogens with zero attached hydrogens (tertiary/aromatic N) is 1. The van der Waals surface area contributed by atoms with Gasteiger partial charge in [0, 0.05) is 43.9 Å². The van der Waals surface area contributed by atoms with Crippen molar-refractivity contribution in [3.05, 3.63) is 58.8 Å². The van der Waals surface area contributed by atoms with Gasteiger partial charge in [-0.05, 0) is 66.8 Å². The lowest BCUT2D eigenvalue weighted by Gasteiger charge is -2.47. The third-order valence-electron chi connectivity index (χ3n) is 7.24. The van der Waals surface area contributed by atoms with Crippen LogP contribution in [0, 0.1) is 17.0 Å². The van der Waals surface area contributed by atoms with Crippen molar-refractivity contribution < 1.29 is 28.2 Å². The summed E-state index contributed by atoms with van der Waals surface area (Å²) in [6, 6.07) is 4.46. The largest absolute Gasteiger partial charge is 0.471 e. The highest BCUT2D eigenvalue weighted by Gasteiger charge is 2.46. The summed E-state index contributed by atoms with van der Waals surface area (Å²) in [4.78, 5) is 17.0. The van der Waals surface area contributed by atoms with Crippen molar-refractivity contribution in [3.63, 3.8) is 0 Å². The highest BCUT2D eigenvalue weighted by Crippen LogP contribution is 2.48. The Hall–Kier alpha value is -2.62. The van der Waals surface area contributed by atoms with Crippen LogP contribution in [0.4, 0.5) is 8.78 Å². The second kappa shape index (κ2) is 11.6. The molecule has 1 aliphatic heterocycles. The van der Waals surface area contributed by atoms with Gasteiger partial charge in [-0.15, -0.1) is 0 Å². The molecule has 7 nitrogen and oxygen atoms in total. The number of carbonyl (C=O) groups excluding carboxylic acids is 1. The van der Waals surface area contributed by atoms with E-state index in [0.717, 1.165) is 49.3 Å². The van der Waals surface area contributed by atoms with Crippen molar-refractivity contribution in [2.45, 2.75) is 83.1 Å². The van der Waals surface area contributed by atoms with Gasteiger partial charge in [0.15, 0.2) is 0 Å². The Balaban J connectivity index is 1.52. The van der Waals surface area contributed by atoms with Gasteiger partial charge in [-0.25, -0.2) is 13.8 Å². The molecule has 9 heteroatoms. The maximum atomic E-state index is 13.8. The molecule has 2 aromatic rings. The van der Waals surface area contributed by atoms with E-state index in [4.69, 9.17) is 9.47 Å². The molecule has 1 fully saturated rings. The Bertz CT molecular complexity index is 1110. The van der Waals surface area contributed by atoms with Crippen LogP contribution in [-0.4, -0.2) is 54.0 Å². The fourth-order valence-corrected chi connectivity index (χ4v) is 5.40. The number of methoxy groups -OCH3 is 1. The summed E-state index contributed by atoms with van der Waals surface area (Å²) in [6.07, 6.45) is 5.54. The molecule has 2 aliphatic rings. The summed E-state index contributed by atoms with van der Waals surface area (Å²) in [5.41, 5.74) is 2.27. The van der Waals surface area contributed by atoms with E-state index in [2.05, 4.69) is 42.5 Å². The Kier molecular flexibility index (Phi) is 8.69. The number of amides is 1. The van der Waals surface area contributed by atoms with E-state index >= 15 is 0 Å². The number of ether oxygens (including phenoxy) is 2. The predicted octanol–water partition coefficient (Wildman–Crippen LogP) is 4.02. The first-order valence-corrected chi connectivity index (χ1v) is 13.3. The van der Waals surface area contributed by atoms with Crippen molar-refractivity contribution >= 4 is 5.91 Å². The highest BCUT2D eigenvalue weighted by atomic mass is 19.1. The van der Waals surface area contributed by atoms with Crippen molar-refractivity contribution in [2.24, 2.45) is 5.41 Å². The number of benzene rings is 1. The van der Waals surface area contributed by atoms with Gasteiger partial charge in [0.25, 0.3) is 0 Å². The Morgan fingerprint density at radius 2 is 1.92 bits per heavy atom. The number of aliphatic hydroxyl groups is 1. The lowest BCUT2D eigenvalue weighted by atomic mass is 9.73. The minimum absolute atomic E-state index is 0.0541. The molecular formula is C29H39F2N3O4. The maximum Gasteiger partial charge on any atom is 0.246 e. The Morgan fingerprint density at radius 3 is 2.53 bits per heavy atom. The molecule has 1 aromatic carbocycles. The molecule has 1 aliphatic carbocycles. The number of halogens is 2. The molecule has 3 N–H and O–H groups in total. The van der Waals surface area contributed by atoms with E-state index in [1.165, 1.54) is 19.2 Å². The fourth-order valence-electron chi connectivity index (χ4n) is 5.40. The van der Waals surface area contributed by atoms with Crippen LogP contribution in [-0.2, 0) is 22.4 Å². The average Bonchev–Trinajstić information content (AvgIpc) is 2.79. The standard InChI is InChI=1S/C29H39F2N3O4/c1-28(2,3)13-19-10-22-24(14-29(6-5-7-29)38-27(22)33-15-19)32-16-25(35)23(34-26(36)17-37-4)11-18-8-20(30)12-21(31)9-18/h8-10,12,15,23-25,32,35H,5-7,11,13-14,16-17H2,1-4H3,(H,34,36)/t23-,24-,25+/m0/s1. The Labute approximate surface area is 223 Å². The lowest BCUT2D eigenvalue weighted by Crippen LogP contribution is -2.52. The number of rotatable bonds is 10. The van der Waals surface area contributed by atoms with E-state index in [0.29, 0.717) is 11.4 Å². The van der Waals surface area contributed by atoms with Gasteiger partial charge in [0.1, 0.15) is 23.8 Å². The summed E-state index contributed by atoms with van der Waals surface area (Å²) >= 11 is 0. The van der Waals surface area contributed by atoms with Crippen LogP contribution >= 0.6 is 0 Å². The zero-order valence-corrected chi connectivity index (χ0v) is 22.7. The summed E-state index contributed by atoms with van der Waals surface area (Å²) in [7, 11) is 1.40. The quantitative estimate of drug-likeness (QED) is 0.429. The molecule has 38 heavy (non-hydrogen) atoms. The summed E-state index contributed by atoms with van der Waals surface area (Å²) < 4.78 is 38.9. The molecule has 0 bridgehead atoms. The number of aromatic nitrogens is 1. The van der Waals surface area contributed by atoms with Crippen LogP contribution in [0.5, 0.6) is 5.88 Å². The van der Waals surface area contributed by atoms with Gasteiger partial charge in [-0.1, -0.05) is 20.8 Å². The average molecular weight is 532 g/mol. The summed E-state index contributed by atoms with van der Waals surface area (Å²) in [5.74, 6) is -1.22. The minimum Gasteiger partial charge on any atom is -0.471 e. The van der Waals surface area contributed by atoms with Crippen molar-refractivity contribution in [1.82, 2.24) is 15.6 Å². The molecule has 1 amide bonds. The van der Waals surface area contributed by atoms with E-state index in [1.807, 2.05) is 6.20 Å². The zero-order valence-electron chi connectivity index (χ0n) is 22.7. The third-order valence-corrected chi connectivity index (χ3v) is 7.24. The van der Waals surface area contributed by atoms with Gasteiger partial charge in [-0.3, -0.25) is 4.79 Å². The SMILES string of the molecule is COCC(=O)N[C@@H](Cc1cc(F)cc(F)c1)[C@H](O)CN[C@H]1CC2(CCC2)Oc2ncc(CC(C)(C)C)cc21. The van der Waals surface area contributed by atoms with E-state index < -0.39 is 29.7 Å². The monoisotopic (exact) mass is 531 g/mol. The number of fused-ring (bicyclic) bond motifs is 1. The number of hydrogen-bond acceptors (Lipinski definition) is 6. The molecule has 0 unspecified atom stereocenters. The smallest absolute Gasteiger partial charge is 0.246 e. The minimum atomic E-state index is -1.03. The van der Waals surface area contributed by atoms with Crippen LogP contribution < -0.4 is 15.4 Å². The summed E-state index contributed by atoms with van der Waals surface area (Å²) in [5, 5.41) is 17.4. The molecule has 1 aromatic heterocycles. The van der Waals surface area contributed by atoms with Gasteiger partial charge in [0.05, 0.1) is 12.1 Å². The van der Waals surface area contributed by atoms with Crippen molar-refractivity contribution in [1.29, 1.82) is 0 Å². The molecule has 0 radical (unpaired) electrons. The first-order valence-electron chi connectivity index (χ1n) is 13.3. The van der Waals surface area contributed by atoms with E-state index in [9.17, 15) is 18.7 Å². The van der Waals surface area contributed by atoms with Crippen LogP contribution in [0.1, 0.15) is 69.2 Å². The normalized spacial score (nSPS) is 19.7. The number of carbonyl (C=O) groups is 1. The Morgan fingerprint density at radius 1 is 1.21 bits per heavy atom. The number of hydrogen-bond donors (Lipinski definition) is 3. The number of pyridine rings is 1. The molecule has 1 spiro atoms. The molecule has 208 valence electrons. The van der Waals surface area contributed by atoms with Crippen molar-refractivity contribution in [3.8, 4) is 5.88 Å². The van der Waals surface area contributed by atoms with Gasteiger partial charge in [-0.2, -0.15) is 0 Å². The van der Waals surface area contributed by atoms with Crippen LogP contribution in [0.2, 0.25) is 0 Å². The molecule has 2 heterocycles. The first-order chi connectivity index (χ1) is 17.9. The molecule has 4 rings (SSSR count). The third kappa shape index (κ3) is 7.27. The lowest BCUT2D eigenvalue weighted by molar-refractivity contribution is -0.126. The summed E-state index contributed by atoms with van der Waals surface area (Å²) in [6.45, 7) is 6.51. The predicted molar refractivity (Wildman–Crippen MR) is 140 cm³/mol. The number of aliphatic hydroxyl groups excluding tert-OH is 1. The number of nitrogens with one attached hydrogen (secondary N) is 2. The van der Waals surface area contributed by atoms with Crippen LogP contribution in [0.25, 0.3) is 0 Å². The van der Waals surface area contributed by atoms with Gasteiger partial charge in [0.2, 0.25) is 11.8 Å². The maximum absolute atomic E-state index is 13.8.